The fourth-order valence-electron chi connectivity index (χ4n) is 3.61. The van der Waals surface area contributed by atoms with Crippen molar-refractivity contribution in [1.82, 2.24) is 20.1 Å². The first-order chi connectivity index (χ1) is 13.1. The molecule has 0 atom stereocenters. The van der Waals surface area contributed by atoms with Gasteiger partial charge in [-0.15, -0.1) is 0 Å². The molecule has 0 unspecified atom stereocenters. The van der Waals surface area contributed by atoms with Gasteiger partial charge in [0, 0.05) is 36.8 Å². The Kier molecular flexibility index (Phi) is 4.62. The first kappa shape index (κ1) is 17.3. The molecule has 138 valence electrons. The molecule has 1 amide bonds. The van der Waals surface area contributed by atoms with Gasteiger partial charge >= 0.3 is 0 Å². The third-order valence-electron chi connectivity index (χ3n) is 5.00. The summed E-state index contributed by atoms with van der Waals surface area (Å²) in [6.45, 7) is 2.33. The third-order valence-corrected chi connectivity index (χ3v) is 5.00. The van der Waals surface area contributed by atoms with Crippen LogP contribution in [0, 0.1) is 6.92 Å². The highest BCUT2D eigenvalue weighted by Crippen LogP contribution is 2.26. The molecule has 1 aliphatic rings. The number of nitrogens with zero attached hydrogens (tertiary/aromatic N) is 2. The van der Waals surface area contributed by atoms with Gasteiger partial charge in [0.25, 0.3) is 5.91 Å². The van der Waals surface area contributed by atoms with E-state index in [0.717, 1.165) is 35.5 Å². The van der Waals surface area contributed by atoms with Crippen LogP contribution in [-0.2, 0) is 12.8 Å². The molecule has 2 aromatic heterocycles. The molecule has 0 spiro atoms. The van der Waals surface area contributed by atoms with Crippen LogP contribution in [0.5, 0.6) is 0 Å². The number of ketones is 1. The Morgan fingerprint density at radius 2 is 2.04 bits per heavy atom. The lowest BCUT2D eigenvalue weighted by Crippen LogP contribution is -2.26. The van der Waals surface area contributed by atoms with Crippen LogP contribution in [-0.4, -0.2) is 33.0 Å². The summed E-state index contributed by atoms with van der Waals surface area (Å²) in [6.07, 6.45) is 4.80. The Balaban J connectivity index is 1.38. The minimum Gasteiger partial charge on any atom is -0.354 e. The van der Waals surface area contributed by atoms with E-state index in [-0.39, 0.29) is 11.7 Å². The molecule has 0 fully saturated rings. The number of rotatable bonds is 5. The summed E-state index contributed by atoms with van der Waals surface area (Å²) >= 11 is 0. The topological polar surface area (TPSA) is 79.8 Å². The number of para-hydroxylation sites is 1. The second kappa shape index (κ2) is 7.23. The smallest absolute Gasteiger partial charge is 0.268 e. The molecule has 0 aliphatic heterocycles. The van der Waals surface area contributed by atoms with Gasteiger partial charge in [-0.25, -0.2) is 4.68 Å². The molecule has 2 N–H and O–H groups in total. The molecule has 27 heavy (non-hydrogen) atoms. The first-order valence-corrected chi connectivity index (χ1v) is 9.26. The number of nitrogens with one attached hydrogen (secondary N) is 2. The number of fused-ring (bicyclic) bond motifs is 1. The Bertz CT molecular complexity index is 985. The number of aromatic nitrogens is 3. The number of amides is 1. The Labute approximate surface area is 157 Å². The van der Waals surface area contributed by atoms with E-state index in [2.05, 4.69) is 15.4 Å². The summed E-state index contributed by atoms with van der Waals surface area (Å²) in [5, 5.41) is 7.47. The van der Waals surface area contributed by atoms with Crippen LogP contribution >= 0.6 is 0 Å². The highest BCUT2D eigenvalue weighted by Gasteiger charge is 2.26. The van der Waals surface area contributed by atoms with Crippen LogP contribution in [0.25, 0.3) is 5.69 Å². The van der Waals surface area contributed by atoms with E-state index in [9.17, 15) is 9.59 Å². The molecule has 0 radical (unpaired) electrons. The van der Waals surface area contributed by atoms with Crippen LogP contribution in [0.3, 0.4) is 0 Å². The zero-order valence-corrected chi connectivity index (χ0v) is 15.3. The van der Waals surface area contributed by atoms with Gasteiger partial charge in [-0.05, 0) is 43.5 Å². The van der Waals surface area contributed by atoms with Crippen LogP contribution in [0.2, 0.25) is 0 Å². The molecule has 1 aliphatic carbocycles. The van der Waals surface area contributed by atoms with Crippen molar-refractivity contribution in [1.29, 1.82) is 0 Å². The van der Waals surface area contributed by atoms with Gasteiger partial charge in [0.1, 0.15) is 5.69 Å². The highest BCUT2D eigenvalue weighted by atomic mass is 16.2. The standard InChI is InChI=1S/C21H22N4O2/c1-14-19-17(8-5-9-18(19)26)23-20(14)21(27)22-12-10-15-11-13-25(24-15)16-6-3-2-4-7-16/h2-4,6-7,11,13,23H,5,8-10,12H2,1H3,(H,22,27). The molecule has 4 rings (SSSR count). The maximum Gasteiger partial charge on any atom is 0.268 e. The average Bonchev–Trinajstić information content (AvgIpc) is 3.28. The Hall–Kier alpha value is -3.15. The van der Waals surface area contributed by atoms with Gasteiger partial charge in [0.2, 0.25) is 0 Å². The van der Waals surface area contributed by atoms with Crippen molar-refractivity contribution in [3.05, 3.63) is 70.8 Å². The number of carbonyl (C=O) groups is 2. The number of benzene rings is 1. The number of hydrogen-bond acceptors (Lipinski definition) is 3. The number of Topliss-reactive ketones (excluding diaryl/α,β-unsaturated/α-hetero) is 1. The van der Waals surface area contributed by atoms with Crippen molar-refractivity contribution in [2.75, 3.05) is 6.54 Å². The van der Waals surface area contributed by atoms with Crippen molar-refractivity contribution in [3.63, 3.8) is 0 Å². The molecule has 6 nitrogen and oxygen atoms in total. The van der Waals surface area contributed by atoms with Crippen molar-refractivity contribution >= 4 is 11.7 Å². The molecule has 3 aromatic rings. The average molecular weight is 362 g/mol. The van der Waals surface area contributed by atoms with E-state index < -0.39 is 0 Å². The fourth-order valence-corrected chi connectivity index (χ4v) is 3.61. The second-order valence-corrected chi connectivity index (χ2v) is 6.85. The SMILES string of the molecule is Cc1c(C(=O)NCCc2ccn(-c3ccccc3)n2)[nH]c2c1C(=O)CCC2. The third kappa shape index (κ3) is 3.43. The Morgan fingerprint density at radius 3 is 2.81 bits per heavy atom. The molecule has 0 saturated carbocycles. The summed E-state index contributed by atoms with van der Waals surface area (Å²) in [4.78, 5) is 27.8. The summed E-state index contributed by atoms with van der Waals surface area (Å²) in [5.74, 6) is -0.0345. The van der Waals surface area contributed by atoms with Crippen molar-refractivity contribution in [2.24, 2.45) is 0 Å². The Morgan fingerprint density at radius 1 is 1.22 bits per heavy atom. The van der Waals surface area contributed by atoms with Crippen molar-refractivity contribution in [2.45, 2.75) is 32.6 Å². The minimum absolute atomic E-state index is 0.135. The normalized spacial score (nSPS) is 13.4. The van der Waals surface area contributed by atoms with Gasteiger partial charge in [-0.2, -0.15) is 5.10 Å². The summed E-state index contributed by atoms with van der Waals surface area (Å²) < 4.78 is 1.83. The predicted octanol–water partition coefficient (Wildman–Crippen LogP) is 3.00. The van der Waals surface area contributed by atoms with E-state index in [1.165, 1.54) is 0 Å². The molecule has 2 heterocycles. The van der Waals surface area contributed by atoms with Gasteiger partial charge in [0.05, 0.1) is 11.4 Å². The van der Waals surface area contributed by atoms with E-state index in [4.69, 9.17) is 0 Å². The summed E-state index contributed by atoms with van der Waals surface area (Å²) in [7, 11) is 0. The van der Waals surface area contributed by atoms with E-state index >= 15 is 0 Å². The summed E-state index contributed by atoms with van der Waals surface area (Å²) in [5.41, 5.74) is 4.80. The van der Waals surface area contributed by atoms with Gasteiger partial charge in [-0.3, -0.25) is 9.59 Å². The monoisotopic (exact) mass is 362 g/mol. The van der Waals surface area contributed by atoms with Gasteiger partial charge in [-0.1, -0.05) is 18.2 Å². The molecule has 0 bridgehead atoms. The minimum atomic E-state index is -0.169. The van der Waals surface area contributed by atoms with E-state index in [1.54, 1.807) is 0 Å². The maximum atomic E-state index is 12.5. The molecule has 1 aromatic carbocycles. The van der Waals surface area contributed by atoms with Crippen LogP contribution < -0.4 is 5.32 Å². The van der Waals surface area contributed by atoms with Gasteiger partial charge < -0.3 is 10.3 Å². The quantitative estimate of drug-likeness (QED) is 0.732. The largest absolute Gasteiger partial charge is 0.354 e. The van der Waals surface area contributed by atoms with Crippen LogP contribution in [0.4, 0.5) is 0 Å². The lowest BCUT2D eigenvalue weighted by molar-refractivity contribution is 0.0948. The van der Waals surface area contributed by atoms with E-state index in [0.29, 0.717) is 30.6 Å². The van der Waals surface area contributed by atoms with E-state index in [1.807, 2.05) is 54.2 Å². The number of carbonyl (C=O) groups excluding carboxylic acids is 2. The summed E-state index contributed by atoms with van der Waals surface area (Å²) in [6, 6.07) is 11.9. The second-order valence-electron chi connectivity index (χ2n) is 6.85. The molecule has 0 saturated heterocycles. The zero-order valence-electron chi connectivity index (χ0n) is 15.3. The lowest BCUT2D eigenvalue weighted by Gasteiger charge is -2.09. The maximum absolute atomic E-state index is 12.5. The predicted molar refractivity (Wildman–Crippen MR) is 102 cm³/mol. The number of aryl methyl sites for hydroxylation is 1. The highest BCUT2D eigenvalue weighted by molar-refractivity contribution is 6.04. The van der Waals surface area contributed by atoms with Crippen LogP contribution in [0.15, 0.2) is 42.6 Å². The zero-order chi connectivity index (χ0) is 18.8. The number of aromatic amines is 1. The van der Waals surface area contributed by atoms with Crippen LogP contribution in [0.1, 0.15) is 50.6 Å². The van der Waals surface area contributed by atoms with Crippen molar-refractivity contribution in [3.8, 4) is 5.69 Å². The molecular formula is C21H22N4O2. The number of H-pyrrole nitrogens is 1. The first-order valence-electron chi connectivity index (χ1n) is 9.26. The molecule has 6 heteroatoms. The number of hydrogen-bond donors (Lipinski definition) is 2. The lowest BCUT2D eigenvalue weighted by atomic mass is 9.94. The fraction of sp³-hybridized carbons (Fsp3) is 0.286. The van der Waals surface area contributed by atoms with Crippen molar-refractivity contribution < 1.29 is 9.59 Å². The molecular weight excluding hydrogens is 340 g/mol. The van der Waals surface area contributed by atoms with Gasteiger partial charge in [0.15, 0.2) is 5.78 Å².